The molecule has 1 aromatic rings. The highest BCUT2D eigenvalue weighted by atomic mass is 35.5. The largest absolute Gasteiger partial charge is 0.326 e. The van der Waals surface area contributed by atoms with Crippen molar-refractivity contribution >= 4 is 23.4 Å². The molecule has 0 amide bonds. The van der Waals surface area contributed by atoms with Gasteiger partial charge < -0.3 is 5.73 Å². The molecule has 0 spiro atoms. The molecule has 4 heteroatoms. The van der Waals surface area contributed by atoms with Crippen LogP contribution in [0.5, 0.6) is 0 Å². The van der Waals surface area contributed by atoms with Gasteiger partial charge in [-0.05, 0) is 36.6 Å². The molecule has 2 N–H and O–H groups in total. The number of hydrogen-bond acceptors (Lipinski definition) is 2. The van der Waals surface area contributed by atoms with Gasteiger partial charge in [-0.3, -0.25) is 0 Å². The Balaban J connectivity index is 2.05. The summed E-state index contributed by atoms with van der Waals surface area (Å²) in [6.45, 7) is 0. The number of halogens is 2. The molecule has 0 aromatic heterocycles. The van der Waals surface area contributed by atoms with Crippen molar-refractivity contribution < 1.29 is 4.39 Å². The van der Waals surface area contributed by atoms with Crippen molar-refractivity contribution in [1.82, 2.24) is 0 Å². The second kappa shape index (κ2) is 5.39. The van der Waals surface area contributed by atoms with E-state index in [-0.39, 0.29) is 16.9 Å². The molecule has 0 radical (unpaired) electrons. The fraction of sp³-hybridized carbons (Fsp3) is 0.500. The topological polar surface area (TPSA) is 26.0 Å². The van der Waals surface area contributed by atoms with Crippen LogP contribution >= 0.6 is 23.4 Å². The lowest BCUT2D eigenvalue weighted by molar-refractivity contribution is 0.567. The SMILES string of the molecule is NC(Cc1cccc(Cl)c1F)C1CCCS1. The molecule has 2 atom stereocenters. The summed E-state index contributed by atoms with van der Waals surface area (Å²) in [6, 6.07) is 5.13. The van der Waals surface area contributed by atoms with Crippen molar-refractivity contribution in [1.29, 1.82) is 0 Å². The van der Waals surface area contributed by atoms with E-state index in [0.717, 1.165) is 6.42 Å². The van der Waals surface area contributed by atoms with Crippen LogP contribution in [0.3, 0.4) is 0 Å². The number of rotatable bonds is 3. The van der Waals surface area contributed by atoms with E-state index in [1.165, 1.54) is 12.2 Å². The minimum absolute atomic E-state index is 0.0282. The quantitative estimate of drug-likeness (QED) is 0.902. The first-order valence-corrected chi connectivity index (χ1v) is 6.91. The van der Waals surface area contributed by atoms with Gasteiger partial charge in [0.15, 0.2) is 0 Å². The molecule has 0 aliphatic carbocycles. The zero-order chi connectivity index (χ0) is 11.5. The Kier molecular flexibility index (Phi) is 4.11. The van der Waals surface area contributed by atoms with E-state index in [2.05, 4.69) is 0 Å². The Morgan fingerprint density at radius 1 is 1.56 bits per heavy atom. The third-order valence-corrected chi connectivity index (χ3v) is 4.76. The van der Waals surface area contributed by atoms with E-state index in [1.54, 1.807) is 18.2 Å². The van der Waals surface area contributed by atoms with Gasteiger partial charge in [-0.1, -0.05) is 23.7 Å². The number of thioether (sulfide) groups is 1. The van der Waals surface area contributed by atoms with Crippen molar-refractivity contribution in [3.63, 3.8) is 0 Å². The molecule has 16 heavy (non-hydrogen) atoms. The molecule has 1 aliphatic heterocycles. The van der Waals surface area contributed by atoms with E-state index in [1.807, 2.05) is 11.8 Å². The summed E-state index contributed by atoms with van der Waals surface area (Å²) in [5.41, 5.74) is 6.73. The van der Waals surface area contributed by atoms with Gasteiger partial charge in [0.05, 0.1) is 5.02 Å². The van der Waals surface area contributed by atoms with Crippen LogP contribution in [0.15, 0.2) is 18.2 Å². The van der Waals surface area contributed by atoms with Gasteiger partial charge in [0.2, 0.25) is 0 Å². The Morgan fingerprint density at radius 3 is 3.06 bits per heavy atom. The first-order valence-electron chi connectivity index (χ1n) is 5.48. The maximum atomic E-state index is 13.7. The van der Waals surface area contributed by atoms with Crippen molar-refractivity contribution in [3.05, 3.63) is 34.6 Å². The van der Waals surface area contributed by atoms with Crippen LogP contribution in [-0.2, 0) is 6.42 Å². The zero-order valence-electron chi connectivity index (χ0n) is 8.96. The molecule has 2 rings (SSSR count). The van der Waals surface area contributed by atoms with E-state index in [0.29, 0.717) is 17.2 Å². The number of benzene rings is 1. The van der Waals surface area contributed by atoms with Crippen molar-refractivity contribution in [3.8, 4) is 0 Å². The molecule has 1 fully saturated rings. The molecule has 88 valence electrons. The van der Waals surface area contributed by atoms with Crippen molar-refractivity contribution in [2.24, 2.45) is 5.73 Å². The molecule has 1 aromatic carbocycles. The van der Waals surface area contributed by atoms with Crippen molar-refractivity contribution in [2.45, 2.75) is 30.6 Å². The van der Waals surface area contributed by atoms with Crippen LogP contribution < -0.4 is 5.73 Å². The number of nitrogens with two attached hydrogens (primary N) is 1. The molecule has 0 saturated carbocycles. The molecule has 1 heterocycles. The highest BCUT2D eigenvalue weighted by Crippen LogP contribution is 2.30. The van der Waals surface area contributed by atoms with Crippen LogP contribution in [0, 0.1) is 5.82 Å². The maximum Gasteiger partial charge on any atom is 0.145 e. The first-order chi connectivity index (χ1) is 7.68. The lowest BCUT2D eigenvalue weighted by Crippen LogP contribution is -2.33. The second-order valence-corrected chi connectivity index (χ2v) is 5.89. The fourth-order valence-corrected chi connectivity index (χ4v) is 3.54. The normalized spacial score (nSPS) is 22.3. The van der Waals surface area contributed by atoms with E-state index < -0.39 is 0 Å². The van der Waals surface area contributed by atoms with Crippen LogP contribution in [-0.4, -0.2) is 17.0 Å². The molecule has 1 saturated heterocycles. The monoisotopic (exact) mass is 259 g/mol. The highest BCUT2D eigenvalue weighted by Gasteiger charge is 2.23. The Labute approximate surface area is 105 Å². The Hall–Kier alpha value is -0.250. The van der Waals surface area contributed by atoms with Gasteiger partial charge in [0.1, 0.15) is 5.82 Å². The highest BCUT2D eigenvalue weighted by molar-refractivity contribution is 8.00. The molecule has 1 nitrogen and oxygen atoms in total. The summed E-state index contributed by atoms with van der Waals surface area (Å²) in [5.74, 6) is 0.860. The maximum absolute atomic E-state index is 13.7. The van der Waals surface area contributed by atoms with Gasteiger partial charge in [0.25, 0.3) is 0 Å². The van der Waals surface area contributed by atoms with Crippen LogP contribution in [0.1, 0.15) is 18.4 Å². The van der Waals surface area contributed by atoms with E-state index >= 15 is 0 Å². The summed E-state index contributed by atoms with van der Waals surface area (Å²) in [5, 5.41) is 0.655. The number of hydrogen-bond donors (Lipinski definition) is 1. The lowest BCUT2D eigenvalue weighted by Gasteiger charge is -2.18. The molecule has 2 unspecified atom stereocenters. The summed E-state index contributed by atoms with van der Waals surface area (Å²) < 4.78 is 13.7. The summed E-state index contributed by atoms with van der Waals surface area (Å²) in [7, 11) is 0. The molecular formula is C12H15ClFNS. The van der Waals surface area contributed by atoms with E-state index in [9.17, 15) is 4.39 Å². The average Bonchev–Trinajstić information content (AvgIpc) is 2.78. The standard InChI is InChI=1S/C12H15ClFNS/c13-9-4-1-3-8(12(9)14)7-10(15)11-5-2-6-16-11/h1,3-4,10-11H,2,5-7,15H2. The van der Waals surface area contributed by atoms with E-state index in [4.69, 9.17) is 17.3 Å². The summed E-state index contributed by atoms with van der Waals surface area (Å²) >= 11 is 7.64. The Morgan fingerprint density at radius 2 is 2.38 bits per heavy atom. The second-order valence-electron chi connectivity index (χ2n) is 4.13. The lowest BCUT2D eigenvalue weighted by atomic mass is 10.0. The first kappa shape index (κ1) is 12.2. The average molecular weight is 260 g/mol. The third-order valence-electron chi connectivity index (χ3n) is 2.93. The van der Waals surface area contributed by atoms with Crippen LogP contribution in [0.25, 0.3) is 0 Å². The minimum atomic E-state index is -0.317. The minimum Gasteiger partial charge on any atom is -0.326 e. The molecule has 0 bridgehead atoms. The van der Waals surface area contributed by atoms with Crippen molar-refractivity contribution in [2.75, 3.05) is 5.75 Å². The molecular weight excluding hydrogens is 245 g/mol. The van der Waals surface area contributed by atoms with Gasteiger partial charge in [-0.15, -0.1) is 0 Å². The summed E-state index contributed by atoms with van der Waals surface area (Å²) in [6.07, 6.45) is 2.94. The smallest absolute Gasteiger partial charge is 0.145 e. The van der Waals surface area contributed by atoms with Crippen LogP contribution in [0.4, 0.5) is 4.39 Å². The predicted molar refractivity (Wildman–Crippen MR) is 68.6 cm³/mol. The third kappa shape index (κ3) is 2.70. The Bertz CT molecular complexity index is 366. The van der Waals surface area contributed by atoms with Gasteiger partial charge >= 0.3 is 0 Å². The van der Waals surface area contributed by atoms with Crippen LogP contribution in [0.2, 0.25) is 5.02 Å². The predicted octanol–water partition coefficient (Wildman–Crippen LogP) is 3.24. The molecule has 1 aliphatic rings. The summed E-state index contributed by atoms with van der Waals surface area (Å²) in [4.78, 5) is 0. The fourth-order valence-electron chi connectivity index (χ4n) is 2.03. The zero-order valence-corrected chi connectivity index (χ0v) is 10.5. The van der Waals surface area contributed by atoms with Gasteiger partial charge in [-0.25, -0.2) is 4.39 Å². The van der Waals surface area contributed by atoms with Gasteiger partial charge in [0, 0.05) is 11.3 Å². The van der Waals surface area contributed by atoms with Gasteiger partial charge in [-0.2, -0.15) is 11.8 Å².